The highest BCUT2D eigenvalue weighted by atomic mass is 16.7. The molecule has 0 unspecified atom stereocenters. The lowest BCUT2D eigenvalue weighted by Crippen LogP contribution is -2.70. The topological polar surface area (TPSA) is 101 Å². The Morgan fingerprint density at radius 2 is 1.52 bits per heavy atom. The van der Waals surface area contributed by atoms with Crippen molar-refractivity contribution in [2.24, 2.45) is 22.7 Å². The van der Waals surface area contributed by atoms with Crippen molar-refractivity contribution >= 4 is 11.9 Å². The number of hydrogen-bond acceptors (Lipinski definition) is 8. The highest BCUT2D eigenvalue weighted by Gasteiger charge is 2.72. The fraction of sp³-hybridized carbons (Fsp3) is 0.941. The second-order valence-corrected chi connectivity index (χ2v) is 16.2. The normalized spacial score (nSPS) is 49.3. The molecule has 5 aliphatic rings. The first-order valence-corrected chi connectivity index (χ1v) is 16.4. The van der Waals surface area contributed by atoms with Gasteiger partial charge in [0.2, 0.25) is 0 Å². The summed E-state index contributed by atoms with van der Waals surface area (Å²) in [5.74, 6) is -1.48. The van der Waals surface area contributed by atoms with Gasteiger partial charge < -0.3 is 28.8 Å². The van der Waals surface area contributed by atoms with Crippen LogP contribution in [-0.4, -0.2) is 63.5 Å². The summed E-state index contributed by atoms with van der Waals surface area (Å²) in [6.45, 7) is 20.0. The molecule has 2 bridgehead atoms. The van der Waals surface area contributed by atoms with Crippen molar-refractivity contribution < 1.29 is 38.4 Å². The molecule has 0 radical (unpaired) electrons. The van der Waals surface area contributed by atoms with Gasteiger partial charge in [0.1, 0.15) is 22.9 Å². The smallest absolute Gasteiger partial charge is 0.303 e. The van der Waals surface area contributed by atoms with Crippen molar-refractivity contribution in [3.8, 4) is 0 Å². The molecule has 42 heavy (non-hydrogen) atoms. The van der Waals surface area contributed by atoms with E-state index in [1.165, 1.54) is 13.8 Å². The van der Waals surface area contributed by atoms with Gasteiger partial charge in [0.15, 0.2) is 5.79 Å². The van der Waals surface area contributed by atoms with E-state index in [1.807, 2.05) is 27.7 Å². The van der Waals surface area contributed by atoms with Crippen molar-refractivity contribution in [1.29, 1.82) is 0 Å². The van der Waals surface area contributed by atoms with E-state index in [2.05, 4.69) is 27.7 Å². The van der Waals surface area contributed by atoms with Crippen LogP contribution in [0.1, 0.15) is 133 Å². The molecular weight excluding hydrogens is 536 g/mol. The summed E-state index contributed by atoms with van der Waals surface area (Å²) in [6.07, 6.45) is 7.45. The summed E-state index contributed by atoms with van der Waals surface area (Å²) in [7, 11) is 0. The zero-order chi connectivity index (χ0) is 31.1. The Morgan fingerprint density at radius 1 is 0.833 bits per heavy atom. The van der Waals surface area contributed by atoms with Crippen LogP contribution in [0.5, 0.6) is 0 Å². The summed E-state index contributed by atoms with van der Waals surface area (Å²) in [4.78, 5) is 24.5. The monoisotopic (exact) mass is 592 g/mol. The molecular formula is C34H56O8. The third kappa shape index (κ3) is 4.76. The van der Waals surface area contributed by atoms with Gasteiger partial charge in [0.25, 0.3) is 0 Å². The molecule has 10 atom stereocenters. The molecule has 0 amide bonds. The average molecular weight is 593 g/mol. The highest BCUT2D eigenvalue weighted by molar-refractivity contribution is 5.66. The fourth-order valence-electron chi connectivity index (χ4n) is 10.1. The maximum Gasteiger partial charge on any atom is 0.303 e. The molecule has 5 fully saturated rings. The van der Waals surface area contributed by atoms with Crippen LogP contribution in [0.4, 0.5) is 0 Å². The number of carbonyl (C=O) groups is 2. The van der Waals surface area contributed by atoms with Crippen molar-refractivity contribution in [2.75, 3.05) is 0 Å². The lowest BCUT2D eigenvalue weighted by Gasteiger charge is -2.63. The SMILES string of the molecule is CC(=O)O[C@H]1CC[C@]2(C)[C@H](CC[C@](C)(OC(C)=O)[C@H]2CC[C@]2(C)[C@H](C)CC[C@@H]3OC(C)(C)[C@@]4(O)CC[C@@]32O4)OC1(C)C. The molecule has 1 N–H and O–H groups in total. The number of rotatable bonds is 5. The van der Waals surface area contributed by atoms with Crippen LogP contribution in [0.25, 0.3) is 0 Å². The number of fused-ring (bicyclic) bond motifs is 2. The third-order valence-electron chi connectivity index (χ3n) is 13.0. The molecule has 3 heterocycles. The van der Waals surface area contributed by atoms with Gasteiger partial charge >= 0.3 is 11.9 Å². The number of hydrogen-bond donors (Lipinski definition) is 1. The summed E-state index contributed by atoms with van der Waals surface area (Å²) < 4.78 is 32.4. The molecule has 8 nitrogen and oxygen atoms in total. The summed E-state index contributed by atoms with van der Waals surface area (Å²) in [5.41, 5.74) is -3.16. The quantitative estimate of drug-likeness (QED) is 0.374. The van der Waals surface area contributed by atoms with E-state index in [0.717, 1.165) is 44.9 Å². The Balaban J connectivity index is 1.49. The Kier molecular flexibility index (Phi) is 7.78. The minimum atomic E-state index is -1.30. The first kappa shape index (κ1) is 32.2. The van der Waals surface area contributed by atoms with Crippen molar-refractivity contribution in [2.45, 2.75) is 180 Å². The van der Waals surface area contributed by atoms with E-state index >= 15 is 0 Å². The van der Waals surface area contributed by atoms with E-state index in [0.29, 0.717) is 25.2 Å². The molecule has 240 valence electrons. The first-order chi connectivity index (χ1) is 19.2. The van der Waals surface area contributed by atoms with E-state index in [4.69, 9.17) is 23.7 Å². The Hall–Kier alpha value is -1.22. The highest BCUT2D eigenvalue weighted by Crippen LogP contribution is 2.66. The van der Waals surface area contributed by atoms with Gasteiger partial charge in [-0.15, -0.1) is 0 Å². The van der Waals surface area contributed by atoms with Crippen molar-refractivity contribution in [3.05, 3.63) is 0 Å². The molecule has 8 heteroatoms. The summed E-state index contributed by atoms with van der Waals surface area (Å²) >= 11 is 0. The third-order valence-corrected chi connectivity index (χ3v) is 13.0. The zero-order valence-electron chi connectivity index (χ0n) is 27.8. The van der Waals surface area contributed by atoms with Gasteiger partial charge in [0, 0.05) is 37.0 Å². The largest absolute Gasteiger partial charge is 0.460 e. The molecule has 0 aromatic rings. The van der Waals surface area contributed by atoms with Crippen LogP contribution in [0.15, 0.2) is 0 Å². The van der Waals surface area contributed by atoms with E-state index in [9.17, 15) is 14.7 Å². The van der Waals surface area contributed by atoms with Crippen LogP contribution in [0.2, 0.25) is 0 Å². The second-order valence-electron chi connectivity index (χ2n) is 16.2. The Labute approximate surface area is 252 Å². The Bertz CT molecular complexity index is 1090. The van der Waals surface area contributed by atoms with Gasteiger partial charge in [-0.25, -0.2) is 0 Å². The zero-order valence-corrected chi connectivity index (χ0v) is 27.8. The number of esters is 2. The molecule has 0 aromatic heterocycles. The second kappa shape index (κ2) is 10.1. The van der Waals surface area contributed by atoms with E-state index < -0.39 is 28.2 Å². The van der Waals surface area contributed by atoms with Crippen LogP contribution in [0.3, 0.4) is 0 Å². The molecule has 0 aromatic carbocycles. The van der Waals surface area contributed by atoms with Gasteiger partial charge in [-0.1, -0.05) is 20.8 Å². The molecule has 2 saturated carbocycles. The minimum absolute atomic E-state index is 0.0153. The van der Waals surface area contributed by atoms with Crippen LogP contribution in [-0.2, 0) is 33.3 Å². The lowest BCUT2D eigenvalue weighted by atomic mass is 9.51. The summed E-state index contributed by atoms with van der Waals surface area (Å²) in [6, 6.07) is 0. The predicted molar refractivity (Wildman–Crippen MR) is 157 cm³/mol. The fourth-order valence-corrected chi connectivity index (χ4v) is 10.1. The van der Waals surface area contributed by atoms with Crippen LogP contribution < -0.4 is 0 Å². The molecule has 5 rings (SSSR count). The maximum absolute atomic E-state index is 12.5. The van der Waals surface area contributed by atoms with Crippen LogP contribution in [0, 0.1) is 22.7 Å². The van der Waals surface area contributed by atoms with Gasteiger partial charge in [-0.2, -0.15) is 0 Å². The molecule has 2 aliphatic carbocycles. The standard InChI is InChI=1S/C34H56O8/c1-21-11-12-27-33(19-20-34(37,42-33)29(6,7)41-27)31(21,9)17-13-24-30(8)16-14-25(38-22(2)35)28(4,5)40-26(30)15-18-32(24,10)39-23(3)36/h21,24-27,37H,11-20H2,1-10H3/t21-,24+,25+,26+,27+,30+,31-,32+,33-,34-/m1/s1. The lowest BCUT2D eigenvalue weighted by molar-refractivity contribution is -0.410. The average Bonchev–Trinajstić information content (AvgIpc) is 3.16. The van der Waals surface area contributed by atoms with Gasteiger partial charge in [0.05, 0.1) is 17.8 Å². The number of ether oxygens (including phenoxy) is 5. The summed E-state index contributed by atoms with van der Waals surface area (Å²) in [5, 5.41) is 11.6. The maximum atomic E-state index is 12.5. The van der Waals surface area contributed by atoms with Gasteiger partial charge in [-0.3, -0.25) is 9.59 Å². The van der Waals surface area contributed by atoms with E-state index in [-0.39, 0.29) is 47.0 Å². The minimum Gasteiger partial charge on any atom is -0.460 e. The molecule has 3 aliphatic heterocycles. The molecule has 1 spiro atoms. The molecule has 3 saturated heterocycles. The predicted octanol–water partition coefficient (Wildman–Crippen LogP) is 6.25. The number of carbonyl (C=O) groups excluding carboxylic acids is 2. The Morgan fingerprint density at radius 3 is 2.17 bits per heavy atom. The first-order valence-electron chi connectivity index (χ1n) is 16.4. The van der Waals surface area contributed by atoms with Crippen LogP contribution >= 0.6 is 0 Å². The number of aliphatic hydroxyl groups is 1. The van der Waals surface area contributed by atoms with Crippen molar-refractivity contribution in [1.82, 2.24) is 0 Å². The van der Waals surface area contributed by atoms with Crippen molar-refractivity contribution in [3.63, 3.8) is 0 Å². The van der Waals surface area contributed by atoms with Gasteiger partial charge in [-0.05, 0) is 98.3 Å². The van der Waals surface area contributed by atoms with E-state index in [1.54, 1.807) is 0 Å².